The maximum Gasteiger partial charge on any atom is 0.408 e. The van der Waals surface area contributed by atoms with Gasteiger partial charge in [-0.3, -0.25) is 4.90 Å². The third-order valence-electron chi connectivity index (χ3n) is 3.98. The number of amides is 1. The molecule has 3 heteroatoms. The van der Waals surface area contributed by atoms with Crippen molar-refractivity contribution in [2.75, 3.05) is 0 Å². The second-order valence-corrected chi connectivity index (χ2v) is 4.96. The van der Waals surface area contributed by atoms with Crippen molar-refractivity contribution in [3.63, 3.8) is 0 Å². The molecule has 1 unspecified atom stereocenters. The molecule has 2 aromatic rings. The zero-order chi connectivity index (χ0) is 13.5. The maximum atomic E-state index is 11.6. The van der Waals surface area contributed by atoms with Crippen LogP contribution in [0.25, 0.3) is 0 Å². The van der Waals surface area contributed by atoms with Crippen LogP contribution in [0.4, 0.5) is 4.79 Å². The van der Waals surface area contributed by atoms with E-state index in [1.165, 1.54) is 4.90 Å². The standard InChI is InChI=1S/C16H15NO2/c1-16(13-8-3-2-4-9-13)14-10-6-5-7-12(14)11-17(16)15(18)19/h2-10H,11H2,1H3,(H,18,19). The highest BCUT2D eigenvalue weighted by atomic mass is 16.4. The summed E-state index contributed by atoms with van der Waals surface area (Å²) in [5.74, 6) is 0. The summed E-state index contributed by atoms with van der Waals surface area (Å²) in [6, 6.07) is 17.7. The Labute approximate surface area is 112 Å². The zero-order valence-electron chi connectivity index (χ0n) is 10.7. The Morgan fingerprint density at radius 3 is 2.42 bits per heavy atom. The van der Waals surface area contributed by atoms with Crippen LogP contribution >= 0.6 is 0 Å². The molecule has 1 N–H and O–H groups in total. The lowest BCUT2D eigenvalue weighted by Crippen LogP contribution is -2.42. The summed E-state index contributed by atoms with van der Waals surface area (Å²) in [5.41, 5.74) is 2.55. The van der Waals surface area contributed by atoms with Gasteiger partial charge in [-0.2, -0.15) is 0 Å². The minimum atomic E-state index is -0.887. The van der Waals surface area contributed by atoms with Crippen molar-refractivity contribution >= 4 is 6.09 Å². The van der Waals surface area contributed by atoms with Gasteiger partial charge in [0.2, 0.25) is 0 Å². The van der Waals surface area contributed by atoms with E-state index in [4.69, 9.17) is 0 Å². The molecule has 1 heterocycles. The summed E-state index contributed by atoms with van der Waals surface area (Å²) in [6.07, 6.45) is -0.887. The molecule has 19 heavy (non-hydrogen) atoms. The smallest absolute Gasteiger partial charge is 0.408 e. The number of carbonyl (C=O) groups is 1. The summed E-state index contributed by atoms with van der Waals surface area (Å²) in [5, 5.41) is 9.51. The van der Waals surface area contributed by atoms with Crippen molar-refractivity contribution in [2.24, 2.45) is 0 Å². The molecule has 3 nitrogen and oxygen atoms in total. The molecule has 0 saturated carbocycles. The van der Waals surface area contributed by atoms with Gasteiger partial charge in [-0.1, -0.05) is 54.6 Å². The number of hydrogen-bond acceptors (Lipinski definition) is 1. The fourth-order valence-corrected chi connectivity index (χ4v) is 2.94. The molecular formula is C16H15NO2. The first-order valence-electron chi connectivity index (χ1n) is 6.28. The van der Waals surface area contributed by atoms with E-state index < -0.39 is 11.6 Å². The molecule has 2 aromatic carbocycles. The van der Waals surface area contributed by atoms with E-state index >= 15 is 0 Å². The van der Waals surface area contributed by atoms with Gasteiger partial charge < -0.3 is 5.11 Å². The highest BCUT2D eigenvalue weighted by Gasteiger charge is 2.45. The van der Waals surface area contributed by atoms with E-state index in [0.717, 1.165) is 16.7 Å². The van der Waals surface area contributed by atoms with Crippen molar-refractivity contribution in [3.05, 3.63) is 71.3 Å². The topological polar surface area (TPSA) is 40.5 Å². The van der Waals surface area contributed by atoms with Crippen molar-refractivity contribution < 1.29 is 9.90 Å². The number of nitrogens with zero attached hydrogens (tertiary/aromatic N) is 1. The molecule has 1 amide bonds. The largest absolute Gasteiger partial charge is 0.465 e. The average molecular weight is 253 g/mol. The van der Waals surface area contributed by atoms with Crippen molar-refractivity contribution in [2.45, 2.75) is 19.0 Å². The third-order valence-corrected chi connectivity index (χ3v) is 3.98. The van der Waals surface area contributed by atoms with E-state index in [0.29, 0.717) is 6.54 Å². The summed E-state index contributed by atoms with van der Waals surface area (Å²) < 4.78 is 0. The lowest BCUT2D eigenvalue weighted by Gasteiger charge is -2.34. The lowest BCUT2D eigenvalue weighted by atomic mass is 9.84. The van der Waals surface area contributed by atoms with E-state index in [9.17, 15) is 9.90 Å². The zero-order valence-corrected chi connectivity index (χ0v) is 10.7. The molecule has 3 rings (SSSR count). The Morgan fingerprint density at radius 1 is 1.11 bits per heavy atom. The van der Waals surface area contributed by atoms with Gasteiger partial charge in [-0.15, -0.1) is 0 Å². The predicted octanol–water partition coefficient (Wildman–Crippen LogP) is 3.44. The van der Waals surface area contributed by atoms with E-state index in [-0.39, 0.29) is 0 Å². The van der Waals surface area contributed by atoms with Gasteiger partial charge in [0.15, 0.2) is 0 Å². The molecule has 96 valence electrons. The molecule has 1 atom stereocenters. The predicted molar refractivity (Wildman–Crippen MR) is 72.9 cm³/mol. The molecule has 0 radical (unpaired) electrons. The van der Waals surface area contributed by atoms with Crippen LogP contribution in [0.2, 0.25) is 0 Å². The number of rotatable bonds is 1. The molecule has 0 spiro atoms. The minimum Gasteiger partial charge on any atom is -0.465 e. The Balaban J connectivity index is 2.23. The molecule has 0 aliphatic carbocycles. The average Bonchev–Trinajstić information content (AvgIpc) is 2.75. The second-order valence-electron chi connectivity index (χ2n) is 4.96. The number of fused-ring (bicyclic) bond motifs is 1. The third kappa shape index (κ3) is 1.62. The van der Waals surface area contributed by atoms with E-state index in [1.54, 1.807) is 0 Å². The molecule has 1 aliphatic heterocycles. The Morgan fingerprint density at radius 2 is 1.74 bits per heavy atom. The SMILES string of the molecule is CC1(c2ccccc2)c2ccccc2CN1C(=O)O. The van der Waals surface area contributed by atoms with Crippen LogP contribution in [0.3, 0.4) is 0 Å². The van der Waals surface area contributed by atoms with Gasteiger partial charge in [-0.05, 0) is 23.6 Å². The minimum absolute atomic E-state index is 0.441. The van der Waals surface area contributed by atoms with Gasteiger partial charge >= 0.3 is 6.09 Å². The monoisotopic (exact) mass is 253 g/mol. The Hall–Kier alpha value is -2.29. The van der Waals surface area contributed by atoms with Crippen LogP contribution in [0, 0.1) is 0 Å². The van der Waals surface area contributed by atoms with E-state index in [1.807, 2.05) is 61.5 Å². The van der Waals surface area contributed by atoms with Crippen molar-refractivity contribution in [3.8, 4) is 0 Å². The number of benzene rings is 2. The molecule has 0 saturated heterocycles. The molecule has 0 fully saturated rings. The van der Waals surface area contributed by atoms with Crippen LogP contribution in [0.5, 0.6) is 0 Å². The number of carboxylic acid groups (broad SMARTS) is 1. The molecule has 1 aliphatic rings. The Kier molecular flexibility index (Phi) is 2.56. The highest BCUT2D eigenvalue weighted by molar-refractivity contribution is 5.70. The first-order chi connectivity index (χ1) is 9.14. The fraction of sp³-hybridized carbons (Fsp3) is 0.188. The van der Waals surface area contributed by atoms with Gasteiger partial charge in [0, 0.05) is 0 Å². The van der Waals surface area contributed by atoms with Crippen LogP contribution in [0.15, 0.2) is 54.6 Å². The molecule has 0 bridgehead atoms. The first-order valence-corrected chi connectivity index (χ1v) is 6.28. The number of hydrogen-bond donors (Lipinski definition) is 1. The fourth-order valence-electron chi connectivity index (χ4n) is 2.94. The molecular weight excluding hydrogens is 238 g/mol. The van der Waals surface area contributed by atoms with Crippen molar-refractivity contribution in [1.82, 2.24) is 4.90 Å². The molecule has 0 aromatic heterocycles. The van der Waals surface area contributed by atoms with Gasteiger partial charge in [-0.25, -0.2) is 4.79 Å². The van der Waals surface area contributed by atoms with Crippen LogP contribution in [-0.2, 0) is 12.1 Å². The van der Waals surface area contributed by atoms with Gasteiger partial charge in [0.1, 0.15) is 0 Å². The lowest BCUT2D eigenvalue weighted by molar-refractivity contribution is 0.108. The summed E-state index contributed by atoms with van der Waals surface area (Å²) in [4.78, 5) is 13.1. The quantitative estimate of drug-likeness (QED) is 0.845. The van der Waals surface area contributed by atoms with Crippen LogP contribution in [-0.4, -0.2) is 16.1 Å². The highest BCUT2D eigenvalue weighted by Crippen LogP contribution is 2.43. The van der Waals surface area contributed by atoms with Crippen LogP contribution in [0.1, 0.15) is 23.6 Å². The Bertz CT molecular complexity index is 624. The second kappa shape index (κ2) is 4.12. The normalized spacial score (nSPS) is 21.2. The summed E-state index contributed by atoms with van der Waals surface area (Å²) >= 11 is 0. The van der Waals surface area contributed by atoms with Crippen LogP contribution < -0.4 is 0 Å². The maximum absolute atomic E-state index is 11.6. The first kappa shape index (κ1) is 11.8. The summed E-state index contributed by atoms with van der Waals surface area (Å²) in [7, 11) is 0. The van der Waals surface area contributed by atoms with Crippen molar-refractivity contribution in [1.29, 1.82) is 0 Å². The van der Waals surface area contributed by atoms with Gasteiger partial charge in [0.05, 0.1) is 12.1 Å². The van der Waals surface area contributed by atoms with E-state index in [2.05, 4.69) is 0 Å². The summed E-state index contributed by atoms with van der Waals surface area (Å²) in [6.45, 7) is 2.42. The van der Waals surface area contributed by atoms with Gasteiger partial charge in [0.25, 0.3) is 0 Å².